The zero-order valence-electron chi connectivity index (χ0n) is 10.2. The molecule has 1 fully saturated rings. The summed E-state index contributed by atoms with van der Waals surface area (Å²) in [4.78, 5) is 25.3. The second kappa shape index (κ2) is 5.95. The van der Waals surface area contributed by atoms with Crippen LogP contribution in [0.3, 0.4) is 0 Å². The van der Waals surface area contributed by atoms with Gasteiger partial charge in [-0.2, -0.15) is 11.8 Å². The van der Waals surface area contributed by atoms with Crippen LogP contribution in [0.5, 0.6) is 0 Å². The van der Waals surface area contributed by atoms with Gasteiger partial charge in [0.2, 0.25) is 11.8 Å². The molecule has 0 spiro atoms. The Morgan fingerprint density at radius 3 is 3.06 bits per heavy atom. The van der Waals surface area contributed by atoms with E-state index in [0.29, 0.717) is 18.7 Å². The summed E-state index contributed by atoms with van der Waals surface area (Å²) in [5, 5.41) is 2.63. The number of rotatable bonds is 5. The summed E-state index contributed by atoms with van der Waals surface area (Å²) in [6.45, 7) is 0.438. The second-order valence-corrected chi connectivity index (χ2v) is 5.10. The van der Waals surface area contributed by atoms with Gasteiger partial charge in [0, 0.05) is 0 Å². The van der Waals surface area contributed by atoms with Crippen LogP contribution in [0.4, 0.5) is 0 Å². The molecule has 1 aromatic rings. The standard InChI is InChI=1S/C12H16N2O3S/c1-18-6-4-10-12(16)13-7-11(15)14(10)8-9-3-2-5-17-9/h2-3,5,10H,4,6-8H2,1H3,(H,13,16)/t10-/m0/s1. The molecule has 1 atom stereocenters. The van der Waals surface area contributed by atoms with Gasteiger partial charge in [-0.15, -0.1) is 0 Å². The van der Waals surface area contributed by atoms with Crippen LogP contribution in [0, 0.1) is 0 Å². The molecule has 0 aliphatic carbocycles. The van der Waals surface area contributed by atoms with E-state index in [1.807, 2.05) is 12.3 Å². The zero-order valence-corrected chi connectivity index (χ0v) is 11.0. The van der Waals surface area contributed by atoms with Gasteiger partial charge in [0.05, 0.1) is 19.4 Å². The quantitative estimate of drug-likeness (QED) is 0.860. The highest BCUT2D eigenvalue weighted by molar-refractivity contribution is 7.98. The number of thioether (sulfide) groups is 1. The van der Waals surface area contributed by atoms with Crippen LogP contribution in [0.25, 0.3) is 0 Å². The van der Waals surface area contributed by atoms with E-state index in [1.54, 1.807) is 29.0 Å². The Kier molecular flexibility index (Phi) is 4.30. The van der Waals surface area contributed by atoms with Crippen molar-refractivity contribution >= 4 is 23.6 Å². The van der Waals surface area contributed by atoms with E-state index < -0.39 is 0 Å². The van der Waals surface area contributed by atoms with Gasteiger partial charge in [0.15, 0.2) is 0 Å². The molecule has 1 aliphatic rings. The highest BCUT2D eigenvalue weighted by Crippen LogP contribution is 2.16. The van der Waals surface area contributed by atoms with Crippen molar-refractivity contribution in [1.29, 1.82) is 0 Å². The third kappa shape index (κ3) is 2.87. The molecule has 0 bridgehead atoms. The number of nitrogens with zero attached hydrogens (tertiary/aromatic N) is 1. The third-order valence-corrected chi connectivity index (χ3v) is 3.56. The number of nitrogens with one attached hydrogen (secondary N) is 1. The highest BCUT2D eigenvalue weighted by atomic mass is 32.2. The summed E-state index contributed by atoms with van der Waals surface area (Å²) in [6, 6.07) is 3.20. The first kappa shape index (κ1) is 13.0. The summed E-state index contributed by atoms with van der Waals surface area (Å²) in [6.07, 6.45) is 4.22. The Morgan fingerprint density at radius 2 is 2.39 bits per heavy atom. The first-order valence-corrected chi connectivity index (χ1v) is 7.20. The molecule has 18 heavy (non-hydrogen) atoms. The topological polar surface area (TPSA) is 62.6 Å². The Hall–Kier alpha value is -1.43. The molecule has 6 heteroatoms. The lowest BCUT2D eigenvalue weighted by Gasteiger charge is -2.34. The van der Waals surface area contributed by atoms with E-state index in [4.69, 9.17) is 4.42 Å². The molecular formula is C12H16N2O3S. The lowest BCUT2D eigenvalue weighted by atomic mass is 10.1. The van der Waals surface area contributed by atoms with E-state index in [2.05, 4.69) is 5.32 Å². The van der Waals surface area contributed by atoms with Crippen molar-refractivity contribution in [3.8, 4) is 0 Å². The van der Waals surface area contributed by atoms with Gasteiger partial charge in [0.1, 0.15) is 11.8 Å². The smallest absolute Gasteiger partial charge is 0.243 e. The Labute approximate surface area is 110 Å². The number of amides is 2. The number of piperazine rings is 1. The Balaban J connectivity index is 2.09. The molecule has 0 radical (unpaired) electrons. The molecule has 2 amide bonds. The van der Waals surface area contributed by atoms with E-state index in [9.17, 15) is 9.59 Å². The van der Waals surface area contributed by atoms with Crippen molar-refractivity contribution in [2.45, 2.75) is 19.0 Å². The van der Waals surface area contributed by atoms with E-state index in [-0.39, 0.29) is 24.4 Å². The molecule has 1 N–H and O–H groups in total. The van der Waals surface area contributed by atoms with Crippen LogP contribution in [0.1, 0.15) is 12.2 Å². The summed E-state index contributed by atoms with van der Waals surface area (Å²) >= 11 is 1.67. The molecule has 0 saturated carbocycles. The number of furan rings is 1. The Morgan fingerprint density at radius 1 is 1.56 bits per heavy atom. The molecule has 5 nitrogen and oxygen atoms in total. The fourth-order valence-electron chi connectivity index (χ4n) is 1.98. The fourth-order valence-corrected chi connectivity index (χ4v) is 2.44. The van der Waals surface area contributed by atoms with Gasteiger partial charge in [-0.3, -0.25) is 9.59 Å². The number of carbonyl (C=O) groups excluding carboxylic acids is 2. The van der Waals surface area contributed by atoms with Gasteiger partial charge < -0.3 is 14.6 Å². The molecule has 0 aromatic carbocycles. The first-order chi connectivity index (χ1) is 8.72. The number of carbonyl (C=O) groups is 2. The van der Waals surface area contributed by atoms with Gasteiger partial charge in [-0.05, 0) is 30.6 Å². The summed E-state index contributed by atoms with van der Waals surface area (Å²) in [7, 11) is 0. The van der Waals surface area contributed by atoms with Gasteiger partial charge in [-0.1, -0.05) is 0 Å². The monoisotopic (exact) mass is 268 g/mol. The van der Waals surface area contributed by atoms with Crippen LogP contribution in [-0.4, -0.2) is 41.3 Å². The minimum absolute atomic E-state index is 0.0582. The molecular weight excluding hydrogens is 252 g/mol. The molecule has 1 saturated heterocycles. The van der Waals surface area contributed by atoms with Crippen LogP contribution < -0.4 is 5.32 Å². The summed E-state index contributed by atoms with van der Waals surface area (Å²) in [5.41, 5.74) is 0. The van der Waals surface area contributed by atoms with Crippen molar-refractivity contribution in [3.05, 3.63) is 24.2 Å². The average Bonchev–Trinajstić information content (AvgIpc) is 2.86. The number of hydrogen-bond acceptors (Lipinski definition) is 4. The maximum atomic E-state index is 11.9. The molecule has 2 heterocycles. The minimum Gasteiger partial charge on any atom is -0.467 e. The average molecular weight is 268 g/mol. The SMILES string of the molecule is CSCC[C@H]1C(=O)NCC(=O)N1Cc1ccco1. The third-order valence-electron chi connectivity index (χ3n) is 2.91. The van der Waals surface area contributed by atoms with Crippen LogP contribution in [0.15, 0.2) is 22.8 Å². The largest absolute Gasteiger partial charge is 0.467 e. The molecule has 98 valence electrons. The van der Waals surface area contributed by atoms with Crippen molar-refractivity contribution < 1.29 is 14.0 Å². The predicted octanol–water partition coefficient (Wildman–Crippen LogP) is 0.860. The molecule has 0 unspecified atom stereocenters. The summed E-state index contributed by atoms with van der Waals surface area (Å²) < 4.78 is 5.24. The zero-order chi connectivity index (χ0) is 13.0. The lowest BCUT2D eigenvalue weighted by Crippen LogP contribution is -2.58. The van der Waals surface area contributed by atoms with Crippen molar-refractivity contribution in [3.63, 3.8) is 0 Å². The maximum absolute atomic E-state index is 11.9. The lowest BCUT2D eigenvalue weighted by molar-refractivity contribution is -0.146. The molecule has 2 rings (SSSR count). The summed E-state index contributed by atoms with van der Waals surface area (Å²) in [5.74, 6) is 1.42. The van der Waals surface area contributed by atoms with E-state index in [0.717, 1.165) is 5.75 Å². The predicted molar refractivity (Wildman–Crippen MR) is 69.1 cm³/mol. The maximum Gasteiger partial charge on any atom is 0.243 e. The van der Waals surface area contributed by atoms with Crippen LogP contribution in [-0.2, 0) is 16.1 Å². The molecule has 1 aromatic heterocycles. The first-order valence-electron chi connectivity index (χ1n) is 5.81. The second-order valence-electron chi connectivity index (χ2n) is 4.12. The van der Waals surface area contributed by atoms with Crippen molar-refractivity contribution in [2.75, 3.05) is 18.6 Å². The molecule has 1 aliphatic heterocycles. The van der Waals surface area contributed by atoms with Gasteiger partial charge in [0.25, 0.3) is 0 Å². The highest BCUT2D eigenvalue weighted by Gasteiger charge is 2.34. The van der Waals surface area contributed by atoms with E-state index >= 15 is 0 Å². The minimum atomic E-state index is -0.385. The normalized spacial score (nSPS) is 20.1. The van der Waals surface area contributed by atoms with Crippen LogP contribution in [0.2, 0.25) is 0 Å². The van der Waals surface area contributed by atoms with E-state index in [1.165, 1.54) is 0 Å². The van der Waals surface area contributed by atoms with Gasteiger partial charge in [-0.25, -0.2) is 0 Å². The fraction of sp³-hybridized carbons (Fsp3) is 0.500. The van der Waals surface area contributed by atoms with Crippen molar-refractivity contribution in [2.24, 2.45) is 0 Å². The van der Waals surface area contributed by atoms with Gasteiger partial charge >= 0.3 is 0 Å². The van der Waals surface area contributed by atoms with Crippen LogP contribution >= 0.6 is 11.8 Å². The van der Waals surface area contributed by atoms with Crippen molar-refractivity contribution in [1.82, 2.24) is 10.2 Å². The number of hydrogen-bond donors (Lipinski definition) is 1. The Bertz CT molecular complexity index is 419.